The van der Waals surface area contributed by atoms with E-state index in [0.717, 1.165) is 58.2 Å². The molecule has 2 aliphatic rings. The Balaban J connectivity index is 1.60. The van der Waals surface area contributed by atoms with Gasteiger partial charge in [0.15, 0.2) is 0 Å². The first-order valence-electron chi connectivity index (χ1n) is 7.56. The molecule has 108 valence electrons. The maximum atomic E-state index is 11.8. The molecule has 2 rings (SSSR count). The van der Waals surface area contributed by atoms with Crippen molar-refractivity contribution >= 4 is 11.8 Å². The van der Waals surface area contributed by atoms with Crippen LogP contribution in [-0.4, -0.2) is 48.9 Å². The lowest BCUT2D eigenvalue weighted by Gasteiger charge is -2.20. The predicted molar refractivity (Wildman–Crippen MR) is 73.7 cm³/mol. The van der Waals surface area contributed by atoms with Gasteiger partial charge in [0, 0.05) is 26.1 Å². The molecule has 5 nitrogen and oxygen atoms in total. The lowest BCUT2D eigenvalue weighted by molar-refractivity contribution is -0.130. The average Bonchev–Trinajstić information content (AvgIpc) is 2.87. The molecule has 2 aliphatic heterocycles. The minimum Gasteiger partial charge on any atom is -0.355 e. The monoisotopic (exact) mass is 267 g/mol. The van der Waals surface area contributed by atoms with Crippen LogP contribution >= 0.6 is 0 Å². The summed E-state index contributed by atoms with van der Waals surface area (Å²) in [7, 11) is 0. The van der Waals surface area contributed by atoms with E-state index in [1.165, 1.54) is 0 Å². The van der Waals surface area contributed by atoms with E-state index in [1.54, 1.807) is 0 Å². The summed E-state index contributed by atoms with van der Waals surface area (Å²) in [5.41, 5.74) is 0. The molecular weight excluding hydrogens is 242 g/mol. The Morgan fingerprint density at radius 1 is 1.32 bits per heavy atom. The zero-order valence-corrected chi connectivity index (χ0v) is 11.6. The van der Waals surface area contributed by atoms with Crippen molar-refractivity contribution in [3.8, 4) is 0 Å². The van der Waals surface area contributed by atoms with Gasteiger partial charge in [-0.05, 0) is 38.6 Å². The maximum absolute atomic E-state index is 11.8. The Kier molecular flexibility index (Phi) is 5.63. The molecule has 2 saturated heterocycles. The topological polar surface area (TPSA) is 61.4 Å². The quantitative estimate of drug-likeness (QED) is 0.719. The van der Waals surface area contributed by atoms with E-state index in [4.69, 9.17) is 0 Å². The minimum atomic E-state index is -0.000168. The SMILES string of the molecule is O=C(NCCCN1CCCCCC1=O)C1CCCN1. The summed E-state index contributed by atoms with van der Waals surface area (Å²) in [5.74, 6) is 0.390. The third-order valence-electron chi connectivity index (χ3n) is 3.95. The van der Waals surface area contributed by atoms with Crippen molar-refractivity contribution in [2.75, 3.05) is 26.2 Å². The molecular formula is C14H25N3O2. The second-order valence-electron chi connectivity index (χ2n) is 5.48. The van der Waals surface area contributed by atoms with Crippen molar-refractivity contribution in [2.45, 2.75) is 51.0 Å². The van der Waals surface area contributed by atoms with Gasteiger partial charge >= 0.3 is 0 Å². The highest BCUT2D eigenvalue weighted by atomic mass is 16.2. The first-order chi connectivity index (χ1) is 9.27. The van der Waals surface area contributed by atoms with E-state index in [0.29, 0.717) is 13.0 Å². The molecule has 5 heteroatoms. The lowest BCUT2D eigenvalue weighted by atomic mass is 10.2. The molecule has 0 aliphatic carbocycles. The summed E-state index contributed by atoms with van der Waals surface area (Å²) >= 11 is 0. The number of rotatable bonds is 5. The molecule has 0 aromatic heterocycles. The number of hydrogen-bond donors (Lipinski definition) is 2. The molecule has 0 spiro atoms. The molecule has 2 fully saturated rings. The molecule has 0 radical (unpaired) electrons. The number of nitrogens with one attached hydrogen (secondary N) is 2. The van der Waals surface area contributed by atoms with E-state index in [2.05, 4.69) is 10.6 Å². The Morgan fingerprint density at radius 2 is 2.21 bits per heavy atom. The predicted octanol–water partition coefficient (Wildman–Crippen LogP) is 0.647. The molecule has 2 heterocycles. The molecule has 19 heavy (non-hydrogen) atoms. The van der Waals surface area contributed by atoms with Crippen molar-refractivity contribution in [1.82, 2.24) is 15.5 Å². The van der Waals surface area contributed by atoms with Crippen molar-refractivity contribution in [2.24, 2.45) is 0 Å². The molecule has 0 aromatic rings. The molecule has 0 saturated carbocycles. The zero-order chi connectivity index (χ0) is 13.5. The van der Waals surface area contributed by atoms with Gasteiger partial charge in [-0.1, -0.05) is 6.42 Å². The van der Waals surface area contributed by atoms with E-state index >= 15 is 0 Å². The summed E-state index contributed by atoms with van der Waals surface area (Å²) in [4.78, 5) is 25.5. The number of amides is 2. The van der Waals surface area contributed by atoms with Crippen LogP contribution in [0.4, 0.5) is 0 Å². The summed E-state index contributed by atoms with van der Waals surface area (Å²) in [5, 5.41) is 6.14. The van der Waals surface area contributed by atoms with E-state index < -0.39 is 0 Å². The van der Waals surface area contributed by atoms with Crippen LogP contribution in [0.3, 0.4) is 0 Å². The Labute approximate surface area is 115 Å². The van der Waals surface area contributed by atoms with Crippen LogP contribution < -0.4 is 10.6 Å². The van der Waals surface area contributed by atoms with Crippen LogP contribution in [0.1, 0.15) is 44.9 Å². The van der Waals surface area contributed by atoms with Crippen molar-refractivity contribution in [3.05, 3.63) is 0 Å². The first-order valence-corrected chi connectivity index (χ1v) is 7.56. The smallest absolute Gasteiger partial charge is 0.237 e. The van der Waals surface area contributed by atoms with E-state index in [-0.39, 0.29) is 17.9 Å². The Bertz CT molecular complexity index is 314. The normalized spacial score (nSPS) is 24.3. The number of carbonyl (C=O) groups excluding carboxylic acids is 2. The van der Waals surface area contributed by atoms with Crippen LogP contribution in [0.25, 0.3) is 0 Å². The standard InChI is InChI=1S/C14H25N3O2/c18-13-7-2-1-3-10-17(13)11-5-9-16-14(19)12-6-4-8-15-12/h12,15H,1-11H2,(H,16,19). The van der Waals surface area contributed by atoms with Crippen molar-refractivity contribution in [3.63, 3.8) is 0 Å². The van der Waals surface area contributed by atoms with Gasteiger partial charge in [-0.2, -0.15) is 0 Å². The largest absolute Gasteiger partial charge is 0.355 e. The van der Waals surface area contributed by atoms with Crippen LogP contribution in [0.5, 0.6) is 0 Å². The summed E-state index contributed by atoms with van der Waals surface area (Å²) in [6, 6.07) is -0.000168. The summed E-state index contributed by atoms with van der Waals surface area (Å²) in [6.07, 6.45) is 6.87. The van der Waals surface area contributed by atoms with Gasteiger partial charge in [-0.25, -0.2) is 0 Å². The highest BCUT2D eigenvalue weighted by Gasteiger charge is 2.21. The van der Waals surface area contributed by atoms with Gasteiger partial charge in [0.25, 0.3) is 0 Å². The molecule has 0 aromatic carbocycles. The zero-order valence-electron chi connectivity index (χ0n) is 11.6. The highest BCUT2D eigenvalue weighted by Crippen LogP contribution is 2.11. The lowest BCUT2D eigenvalue weighted by Crippen LogP contribution is -2.41. The second kappa shape index (κ2) is 7.48. The average molecular weight is 267 g/mol. The minimum absolute atomic E-state index is 0.000168. The fourth-order valence-electron chi connectivity index (χ4n) is 2.79. The first kappa shape index (κ1) is 14.3. The van der Waals surface area contributed by atoms with Crippen molar-refractivity contribution < 1.29 is 9.59 Å². The van der Waals surface area contributed by atoms with Crippen molar-refractivity contribution in [1.29, 1.82) is 0 Å². The molecule has 2 amide bonds. The Hall–Kier alpha value is -1.10. The van der Waals surface area contributed by atoms with Gasteiger partial charge in [-0.3, -0.25) is 9.59 Å². The summed E-state index contributed by atoms with van der Waals surface area (Å²) in [6.45, 7) is 3.27. The van der Waals surface area contributed by atoms with Crippen LogP contribution in [0.2, 0.25) is 0 Å². The fraction of sp³-hybridized carbons (Fsp3) is 0.857. The van der Waals surface area contributed by atoms with Gasteiger partial charge < -0.3 is 15.5 Å². The van der Waals surface area contributed by atoms with E-state index in [1.807, 2.05) is 4.90 Å². The second-order valence-corrected chi connectivity index (χ2v) is 5.48. The van der Waals surface area contributed by atoms with Crippen LogP contribution in [-0.2, 0) is 9.59 Å². The van der Waals surface area contributed by atoms with Gasteiger partial charge in [0.05, 0.1) is 6.04 Å². The number of nitrogens with zero attached hydrogens (tertiary/aromatic N) is 1. The summed E-state index contributed by atoms with van der Waals surface area (Å²) < 4.78 is 0. The third-order valence-corrected chi connectivity index (χ3v) is 3.95. The molecule has 1 atom stereocenters. The number of hydrogen-bond acceptors (Lipinski definition) is 3. The highest BCUT2D eigenvalue weighted by molar-refractivity contribution is 5.82. The van der Waals surface area contributed by atoms with Crippen LogP contribution in [0.15, 0.2) is 0 Å². The molecule has 2 N–H and O–H groups in total. The van der Waals surface area contributed by atoms with Gasteiger partial charge in [0.1, 0.15) is 0 Å². The van der Waals surface area contributed by atoms with Gasteiger partial charge in [0.2, 0.25) is 11.8 Å². The molecule has 1 unspecified atom stereocenters. The maximum Gasteiger partial charge on any atom is 0.237 e. The third kappa shape index (κ3) is 4.49. The number of carbonyl (C=O) groups is 2. The van der Waals surface area contributed by atoms with Gasteiger partial charge in [-0.15, -0.1) is 0 Å². The van der Waals surface area contributed by atoms with Crippen LogP contribution in [0, 0.1) is 0 Å². The van der Waals surface area contributed by atoms with E-state index in [9.17, 15) is 9.59 Å². The fourth-order valence-corrected chi connectivity index (χ4v) is 2.79. The Morgan fingerprint density at radius 3 is 3.00 bits per heavy atom. The molecule has 0 bridgehead atoms. The number of likely N-dealkylation sites (tertiary alicyclic amines) is 1.